The molecule has 1 aromatic rings. The first-order chi connectivity index (χ1) is 8.20. The van der Waals surface area contributed by atoms with Crippen LogP contribution in [0.5, 0.6) is 11.5 Å². The standard InChI is InChI=1S/C13H15NO3/c15-11-4-5-12(13(16)7-11)10-3-1-2-9(6-10)8-14-17/h1-2,4-5,7-10,15-17H,3,6H2. The lowest BCUT2D eigenvalue weighted by molar-refractivity contribution is 0.318. The van der Waals surface area contributed by atoms with E-state index < -0.39 is 0 Å². The summed E-state index contributed by atoms with van der Waals surface area (Å²) in [6, 6.07) is 4.66. The molecule has 1 aliphatic rings. The summed E-state index contributed by atoms with van der Waals surface area (Å²) in [6.45, 7) is 0. The fraction of sp³-hybridized carbons (Fsp3) is 0.308. The van der Waals surface area contributed by atoms with E-state index in [9.17, 15) is 10.2 Å². The molecule has 0 heterocycles. The van der Waals surface area contributed by atoms with E-state index in [2.05, 4.69) is 5.16 Å². The molecule has 0 radical (unpaired) electrons. The minimum atomic E-state index is 0.0612. The summed E-state index contributed by atoms with van der Waals surface area (Å²) < 4.78 is 0. The molecule has 2 atom stereocenters. The number of benzene rings is 1. The van der Waals surface area contributed by atoms with Crippen molar-refractivity contribution in [2.45, 2.75) is 18.8 Å². The number of nitrogens with zero attached hydrogens (tertiary/aromatic N) is 1. The van der Waals surface area contributed by atoms with Gasteiger partial charge in [-0.2, -0.15) is 0 Å². The van der Waals surface area contributed by atoms with Gasteiger partial charge in [0.2, 0.25) is 0 Å². The van der Waals surface area contributed by atoms with Gasteiger partial charge in [-0.3, -0.25) is 0 Å². The van der Waals surface area contributed by atoms with E-state index >= 15 is 0 Å². The molecule has 2 unspecified atom stereocenters. The second-order valence-electron chi connectivity index (χ2n) is 4.27. The predicted molar refractivity (Wildman–Crippen MR) is 64.7 cm³/mol. The van der Waals surface area contributed by atoms with Gasteiger partial charge in [0.1, 0.15) is 11.5 Å². The third kappa shape index (κ3) is 2.58. The van der Waals surface area contributed by atoms with Crippen LogP contribution in [0.25, 0.3) is 0 Å². The Bertz CT molecular complexity index is 454. The summed E-state index contributed by atoms with van der Waals surface area (Å²) in [5.41, 5.74) is 0.823. The van der Waals surface area contributed by atoms with Gasteiger partial charge in [0.15, 0.2) is 0 Å². The fourth-order valence-electron chi connectivity index (χ4n) is 2.25. The molecule has 4 heteroatoms. The highest BCUT2D eigenvalue weighted by Crippen LogP contribution is 2.37. The molecule has 0 aromatic heterocycles. The number of hydrogen-bond acceptors (Lipinski definition) is 4. The quantitative estimate of drug-likeness (QED) is 0.318. The lowest BCUT2D eigenvalue weighted by Gasteiger charge is -2.23. The normalized spacial score (nSPS) is 24.2. The summed E-state index contributed by atoms with van der Waals surface area (Å²) in [5.74, 6) is 0.451. The van der Waals surface area contributed by atoms with Crippen molar-refractivity contribution in [1.82, 2.24) is 0 Å². The number of hydrogen-bond donors (Lipinski definition) is 3. The van der Waals surface area contributed by atoms with E-state index in [1.165, 1.54) is 12.3 Å². The molecule has 0 amide bonds. The third-order valence-electron chi connectivity index (χ3n) is 3.07. The van der Waals surface area contributed by atoms with Crippen LogP contribution < -0.4 is 0 Å². The van der Waals surface area contributed by atoms with Gasteiger partial charge < -0.3 is 15.4 Å². The molecule has 0 aliphatic heterocycles. The largest absolute Gasteiger partial charge is 0.508 e. The summed E-state index contributed by atoms with van der Waals surface area (Å²) in [4.78, 5) is 0. The van der Waals surface area contributed by atoms with E-state index in [0.29, 0.717) is 0 Å². The van der Waals surface area contributed by atoms with Gasteiger partial charge >= 0.3 is 0 Å². The zero-order valence-corrected chi connectivity index (χ0v) is 9.32. The molecular formula is C13H15NO3. The molecule has 1 aliphatic carbocycles. The van der Waals surface area contributed by atoms with Crippen molar-refractivity contribution in [3.8, 4) is 11.5 Å². The molecule has 2 rings (SSSR count). The molecular weight excluding hydrogens is 218 g/mol. The van der Waals surface area contributed by atoms with Gasteiger partial charge in [-0.05, 0) is 30.4 Å². The van der Waals surface area contributed by atoms with Gasteiger partial charge in [-0.15, -0.1) is 5.16 Å². The molecule has 0 bridgehead atoms. The molecule has 90 valence electrons. The molecule has 17 heavy (non-hydrogen) atoms. The Hall–Kier alpha value is -1.97. The Labute approximate surface area is 99.5 Å². The van der Waals surface area contributed by atoms with Crippen LogP contribution in [0.2, 0.25) is 0 Å². The summed E-state index contributed by atoms with van der Waals surface area (Å²) >= 11 is 0. The first-order valence-electron chi connectivity index (χ1n) is 5.57. The smallest absolute Gasteiger partial charge is 0.122 e. The van der Waals surface area contributed by atoms with Crippen molar-refractivity contribution in [2.75, 3.05) is 0 Å². The van der Waals surface area contributed by atoms with Crippen LogP contribution in [0.15, 0.2) is 35.5 Å². The van der Waals surface area contributed by atoms with E-state index in [-0.39, 0.29) is 23.3 Å². The molecule has 0 fully saturated rings. The maximum Gasteiger partial charge on any atom is 0.122 e. The highest BCUT2D eigenvalue weighted by molar-refractivity contribution is 5.63. The second kappa shape index (κ2) is 4.91. The van der Waals surface area contributed by atoms with Crippen molar-refractivity contribution in [2.24, 2.45) is 11.1 Å². The summed E-state index contributed by atoms with van der Waals surface area (Å²) in [7, 11) is 0. The van der Waals surface area contributed by atoms with Crippen molar-refractivity contribution in [3.63, 3.8) is 0 Å². The maximum absolute atomic E-state index is 9.79. The Morgan fingerprint density at radius 2 is 2.12 bits per heavy atom. The van der Waals surface area contributed by atoms with Gasteiger partial charge in [-0.25, -0.2) is 0 Å². The van der Waals surface area contributed by atoms with Crippen LogP contribution in [-0.4, -0.2) is 21.6 Å². The zero-order valence-electron chi connectivity index (χ0n) is 9.32. The highest BCUT2D eigenvalue weighted by atomic mass is 16.4. The molecule has 0 spiro atoms. The van der Waals surface area contributed by atoms with Crippen molar-refractivity contribution in [3.05, 3.63) is 35.9 Å². The Morgan fingerprint density at radius 3 is 2.82 bits per heavy atom. The van der Waals surface area contributed by atoms with Crippen LogP contribution in [-0.2, 0) is 0 Å². The number of aromatic hydroxyl groups is 2. The van der Waals surface area contributed by atoms with E-state index in [1.54, 1.807) is 12.1 Å². The Balaban J connectivity index is 2.20. The number of rotatable bonds is 2. The summed E-state index contributed by atoms with van der Waals surface area (Å²) in [6.07, 6.45) is 7.13. The van der Waals surface area contributed by atoms with Crippen molar-refractivity contribution >= 4 is 6.21 Å². The monoisotopic (exact) mass is 233 g/mol. The van der Waals surface area contributed by atoms with Crippen LogP contribution in [0.3, 0.4) is 0 Å². The van der Waals surface area contributed by atoms with Crippen LogP contribution in [0.1, 0.15) is 24.3 Å². The van der Waals surface area contributed by atoms with Gasteiger partial charge in [0, 0.05) is 12.0 Å². The molecule has 3 N–H and O–H groups in total. The first kappa shape index (κ1) is 11.5. The maximum atomic E-state index is 9.79. The van der Waals surface area contributed by atoms with Crippen molar-refractivity contribution < 1.29 is 15.4 Å². The number of allylic oxidation sites excluding steroid dienone is 2. The average Bonchev–Trinajstić information content (AvgIpc) is 2.29. The lowest BCUT2D eigenvalue weighted by atomic mass is 9.82. The van der Waals surface area contributed by atoms with Crippen LogP contribution in [0, 0.1) is 5.92 Å². The topological polar surface area (TPSA) is 73.1 Å². The van der Waals surface area contributed by atoms with Gasteiger partial charge in [-0.1, -0.05) is 18.2 Å². The molecule has 1 aromatic carbocycles. The number of oxime groups is 1. The fourth-order valence-corrected chi connectivity index (χ4v) is 2.25. The van der Waals surface area contributed by atoms with Gasteiger partial charge in [0.25, 0.3) is 0 Å². The Morgan fingerprint density at radius 1 is 1.29 bits per heavy atom. The SMILES string of the molecule is ON=CC1C=CCC(c2ccc(O)cc2O)C1. The second-order valence-corrected chi connectivity index (χ2v) is 4.27. The van der Waals surface area contributed by atoms with Crippen molar-refractivity contribution in [1.29, 1.82) is 0 Å². The number of phenols is 2. The van der Waals surface area contributed by atoms with Crippen LogP contribution >= 0.6 is 0 Å². The predicted octanol–water partition coefficient (Wildman–Crippen LogP) is 2.61. The van der Waals surface area contributed by atoms with Crippen LogP contribution in [0.4, 0.5) is 0 Å². The molecule has 4 nitrogen and oxygen atoms in total. The van der Waals surface area contributed by atoms with Gasteiger partial charge in [0.05, 0.1) is 6.21 Å². The number of phenolic OH excluding ortho intramolecular Hbond substituents is 2. The summed E-state index contributed by atoms with van der Waals surface area (Å²) in [5, 5.41) is 30.6. The average molecular weight is 233 g/mol. The Kier molecular flexibility index (Phi) is 3.32. The third-order valence-corrected chi connectivity index (χ3v) is 3.07. The zero-order chi connectivity index (χ0) is 12.3. The van der Waals surface area contributed by atoms with E-state index in [4.69, 9.17) is 5.21 Å². The minimum absolute atomic E-state index is 0.0612. The highest BCUT2D eigenvalue weighted by Gasteiger charge is 2.21. The molecule has 0 saturated carbocycles. The first-order valence-corrected chi connectivity index (χ1v) is 5.57. The molecule has 0 saturated heterocycles. The minimum Gasteiger partial charge on any atom is -0.508 e. The van der Waals surface area contributed by atoms with E-state index in [1.807, 2.05) is 12.2 Å². The van der Waals surface area contributed by atoms with E-state index in [0.717, 1.165) is 18.4 Å². The lowest BCUT2D eigenvalue weighted by Crippen LogP contribution is -2.11.